The van der Waals surface area contributed by atoms with Crippen LogP contribution in [-0.2, 0) is 11.3 Å². The summed E-state index contributed by atoms with van der Waals surface area (Å²) in [7, 11) is 0. The molecule has 1 amide bonds. The number of para-hydroxylation sites is 2. The highest BCUT2D eigenvalue weighted by Crippen LogP contribution is 2.28. The van der Waals surface area contributed by atoms with Crippen LogP contribution in [0.3, 0.4) is 0 Å². The van der Waals surface area contributed by atoms with Crippen molar-refractivity contribution < 1.29 is 24.2 Å². The Morgan fingerprint density at radius 1 is 1.05 bits per heavy atom. The lowest BCUT2D eigenvalue weighted by Gasteiger charge is -2.24. The molecule has 11 heteroatoms. The minimum Gasteiger partial charge on any atom is -0.490 e. The Balaban J connectivity index is 1.36. The van der Waals surface area contributed by atoms with Crippen LogP contribution in [0.15, 0.2) is 67.3 Å². The van der Waals surface area contributed by atoms with E-state index in [0.717, 1.165) is 32.2 Å². The van der Waals surface area contributed by atoms with Crippen LogP contribution in [-0.4, -0.2) is 59.9 Å². The van der Waals surface area contributed by atoms with Gasteiger partial charge in [-0.15, -0.1) is 0 Å². The van der Waals surface area contributed by atoms with E-state index in [-0.39, 0.29) is 6.61 Å². The molecule has 5 aromatic rings. The summed E-state index contributed by atoms with van der Waals surface area (Å²) in [6, 6.07) is 14.6. The zero-order valence-corrected chi connectivity index (χ0v) is 22.7. The molecule has 5 rings (SSSR count). The lowest BCUT2D eigenvalue weighted by atomic mass is 10.0. The third kappa shape index (κ3) is 5.88. The van der Waals surface area contributed by atoms with Crippen molar-refractivity contribution in [2.24, 2.45) is 0 Å². The first-order chi connectivity index (χ1) is 19.1. The summed E-state index contributed by atoms with van der Waals surface area (Å²) in [5, 5.41) is 17.2. The maximum absolute atomic E-state index is 12.6. The third-order valence-corrected chi connectivity index (χ3v) is 6.21. The summed E-state index contributed by atoms with van der Waals surface area (Å²) in [4.78, 5) is 32.9. The summed E-state index contributed by atoms with van der Waals surface area (Å²) in [6.07, 6.45) is 3.37. The highest BCUT2D eigenvalue weighted by Gasteiger charge is 2.21. The van der Waals surface area contributed by atoms with Gasteiger partial charge >= 0.3 is 12.2 Å². The molecule has 0 saturated heterocycles. The molecule has 3 aromatic heterocycles. The van der Waals surface area contributed by atoms with Gasteiger partial charge in [0, 0.05) is 23.7 Å². The fourth-order valence-corrected chi connectivity index (χ4v) is 4.45. The fourth-order valence-electron chi connectivity index (χ4n) is 4.45. The molecule has 2 N–H and O–H groups in total. The number of amides is 1. The van der Waals surface area contributed by atoms with Gasteiger partial charge in [-0.25, -0.2) is 14.6 Å². The van der Waals surface area contributed by atoms with Gasteiger partial charge in [0.25, 0.3) is 0 Å². The highest BCUT2D eigenvalue weighted by molar-refractivity contribution is 5.92. The second-order valence-electron chi connectivity index (χ2n) is 10.5. The Kier molecular flexibility index (Phi) is 7.12. The smallest absolute Gasteiger partial charge is 0.432 e. The predicted molar refractivity (Wildman–Crippen MR) is 150 cm³/mol. The number of imidazole rings is 1. The number of ether oxygens (including phenoxy) is 2. The lowest BCUT2D eigenvalue weighted by Crippen LogP contribution is -2.44. The van der Waals surface area contributed by atoms with Gasteiger partial charge in [-0.3, -0.25) is 4.98 Å². The molecule has 3 heterocycles. The van der Waals surface area contributed by atoms with Crippen LogP contribution in [0.4, 0.5) is 9.59 Å². The van der Waals surface area contributed by atoms with Crippen molar-refractivity contribution in [1.82, 2.24) is 29.6 Å². The molecule has 11 nitrogen and oxygen atoms in total. The molecular weight excluding hydrogens is 512 g/mol. The van der Waals surface area contributed by atoms with Crippen LogP contribution in [0.1, 0.15) is 26.5 Å². The molecular formula is C29H30N6O5. The van der Waals surface area contributed by atoms with Crippen molar-refractivity contribution in [3.05, 3.63) is 72.9 Å². The lowest BCUT2D eigenvalue weighted by molar-refractivity contribution is 0.0481. The first-order valence-corrected chi connectivity index (χ1v) is 12.8. The van der Waals surface area contributed by atoms with Gasteiger partial charge in [-0.05, 0) is 63.6 Å². The molecule has 0 saturated carbocycles. The second kappa shape index (κ2) is 10.7. The first-order valence-electron chi connectivity index (χ1n) is 12.8. The number of fused-ring (bicyclic) bond motifs is 2. The average Bonchev–Trinajstić information content (AvgIpc) is 3.47. The monoisotopic (exact) mass is 542 g/mol. The molecule has 0 aliphatic heterocycles. The van der Waals surface area contributed by atoms with Crippen molar-refractivity contribution in [3.63, 3.8) is 0 Å². The quantitative estimate of drug-likeness (QED) is 0.285. The molecule has 2 aromatic carbocycles. The molecule has 0 spiro atoms. The summed E-state index contributed by atoms with van der Waals surface area (Å²) in [5.41, 5.74) is 3.91. The van der Waals surface area contributed by atoms with Crippen LogP contribution < -0.4 is 10.1 Å². The molecule has 206 valence electrons. The van der Waals surface area contributed by atoms with E-state index in [0.29, 0.717) is 23.5 Å². The number of hydrogen-bond acceptors (Lipinski definition) is 7. The number of nitrogens with zero attached hydrogens (tertiary/aromatic N) is 5. The molecule has 0 aliphatic rings. The number of rotatable bonds is 7. The van der Waals surface area contributed by atoms with E-state index >= 15 is 0 Å². The van der Waals surface area contributed by atoms with Crippen molar-refractivity contribution in [1.29, 1.82) is 0 Å². The maximum Gasteiger partial charge on any atom is 0.432 e. The van der Waals surface area contributed by atoms with E-state index in [4.69, 9.17) is 9.47 Å². The van der Waals surface area contributed by atoms with Crippen LogP contribution >= 0.6 is 0 Å². The number of alkyl carbamates (subject to hydrolysis) is 1. The minimum atomic E-state index is -1.14. The summed E-state index contributed by atoms with van der Waals surface area (Å²) < 4.78 is 14.5. The fraction of sp³-hybridized carbons (Fsp3) is 0.276. The number of carbonyl (C=O) groups is 2. The Bertz CT molecular complexity index is 1700. The zero-order valence-electron chi connectivity index (χ0n) is 22.7. The van der Waals surface area contributed by atoms with E-state index in [2.05, 4.69) is 20.4 Å². The number of pyridine rings is 1. The van der Waals surface area contributed by atoms with Crippen LogP contribution in [0.2, 0.25) is 0 Å². The summed E-state index contributed by atoms with van der Waals surface area (Å²) in [6.45, 7) is 7.76. The molecule has 1 unspecified atom stereocenters. The van der Waals surface area contributed by atoms with Gasteiger partial charge in [0.15, 0.2) is 0 Å². The Morgan fingerprint density at radius 3 is 2.62 bits per heavy atom. The number of carboxylic acid groups (broad SMARTS) is 1. The first kappa shape index (κ1) is 26.7. The number of benzene rings is 2. The van der Waals surface area contributed by atoms with Gasteiger partial charge < -0.3 is 24.5 Å². The normalized spacial score (nSPS) is 12.4. The topological polar surface area (TPSA) is 133 Å². The standard InChI is InChI=1S/C29H30N6O5/c1-18-23-12-19(9-10-25(23)35(33-18)28(37)38)20-11-22(14-30-13-20)39-16-21(32-27(36)40-29(2,3)4)15-34-17-31-24-7-5-6-8-26(24)34/h5-14,17,21H,15-16H2,1-4H3,(H,32,36)(H,37,38). The average molecular weight is 543 g/mol. The van der Waals surface area contributed by atoms with E-state index in [1.165, 1.54) is 0 Å². The van der Waals surface area contributed by atoms with E-state index < -0.39 is 23.8 Å². The van der Waals surface area contributed by atoms with Crippen LogP contribution in [0.25, 0.3) is 33.1 Å². The Labute approximate surface area is 230 Å². The van der Waals surface area contributed by atoms with Gasteiger partial charge in [0.05, 0.1) is 40.8 Å². The number of aryl methyl sites for hydroxylation is 1. The van der Waals surface area contributed by atoms with Gasteiger partial charge in [-0.1, -0.05) is 18.2 Å². The molecule has 0 bridgehead atoms. The number of nitrogens with one attached hydrogen (secondary N) is 1. The van der Waals surface area contributed by atoms with Gasteiger partial charge in [0.1, 0.15) is 18.0 Å². The summed E-state index contributed by atoms with van der Waals surface area (Å²) in [5.74, 6) is 0.516. The molecule has 40 heavy (non-hydrogen) atoms. The molecule has 1 atom stereocenters. The second-order valence-corrected chi connectivity index (χ2v) is 10.5. The summed E-state index contributed by atoms with van der Waals surface area (Å²) >= 11 is 0. The van der Waals surface area contributed by atoms with E-state index in [1.807, 2.05) is 67.8 Å². The largest absolute Gasteiger partial charge is 0.490 e. The Hall–Kier alpha value is -4.93. The minimum absolute atomic E-state index is 0.153. The SMILES string of the molecule is Cc1nn(C(=O)O)c2ccc(-c3cncc(OCC(Cn4cnc5ccccc54)NC(=O)OC(C)(C)C)c3)cc12. The third-order valence-electron chi connectivity index (χ3n) is 6.21. The predicted octanol–water partition coefficient (Wildman–Crippen LogP) is 5.25. The Morgan fingerprint density at radius 2 is 1.85 bits per heavy atom. The number of hydrogen-bond donors (Lipinski definition) is 2. The van der Waals surface area contributed by atoms with E-state index in [1.54, 1.807) is 31.7 Å². The van der Waals surface area contributed by atoms with Crippen molar-refractivity contribution >= 4 is 34.1 Å². The maximum atomic E-state index is 12.6. The number of aromatic nitrogens is 5. The van der Waals surface area contributed by atoms with Gasteiger partial charge in [-0.2, -0.15) is 9.78 Å². The highest BCUT2D eigenvalue weighted by atomic mass is 16.6. The molecule has 0 fully saturated rings. The van der Waals surface area contributed by atoms with Crippen molar-refractivity contribution in [2.45, 2.75) is 45.9 Å². The van der Waals surface area contributed by atoms with Crippen molar-refractivity contribution in [3.8, 4) is 16.9 Å². The van der Waals surface area contributed by atoms with Gasteiger partial charge in [0.2, 0.25) is 0 Å². The molecule has 0 radical (unpaired) electrons. The van der Waals surface area contributed by atoms with Crippen LogP contribution in [0.5, 0.6) is 5.75 Å². The molecule has 0 aliphatic carbocycles. The number of carbonyl (C=O) groups excluding carboxylic acids is 1. The van der Waals surface area contributed by atoms with E-state index in [9.17, 15) is 14.7 Å². The zero-order chi connectivity index (χ0) is 28.4. The van der Waals surface area contributed by atoms with Crippen molar-refractivity contribution in [2.75, 3.05) is 6.61 Å². The van der Waals surface area contributed by atoms with Crippen LogP contribution in [0, 0.1) is 6.92 Å².